The van der Waals surface area contributed by atoms with Crippen molar-refractivity contribution in [1.29, 1.82) is 0 Å². The molecule has 2 aromatic rings. The van der Waals surface area contributed by atoms with Crippen LogP contribution in [-0.4, -0.2) is 26.2 Å². The molecule has 0 N–H and O–H groups in total. The van der Waals surface area contributed by atoms with Crippen molar-refractivity contribution in [3.63, 3.8) is 0 Å². The predicted octanol–water partition coefficient (Wildman–Crippen LogP) is 4.00. The molecule has 0 atom stereocenters. The van der Waals surface area contributed by atoms with Crippen molar-refractivity contribution in [2.75, 3.05) is 0 Å². The first-order chi connectivity index (χ1) is 10.8. The Balaban J connectivity index is 1.67. The summed E-state index contributed by atoms with van der Waals surface area (Å²) in [6, 6.07) is 3.74. The van der Waals surface area contributed by atoms with Crippen LogP contribution >= 0.6 is 11.6 Å². The molecule has 1 fully saturated rings. The number of esters is 1. The quantitative estimate of drug-likeness (QED) is 0.615. The number of carbonyl (C=O) groups is 1. The van der Waals surface area contributed by atoms with Gasteiger partial charge in [-0.15, -0.1) is 0 Å². The fourth-order valence-corrected chi connectivity index (χ4v) is 3.35. The molecule has 0 aliphatic heterocycles. The summed E-state index contributed by atoms with van der Waals surface area (Å²) < 4.78 is 7.12. The maximum Gasteiger partial charge on any atom is 0.309 e. The molecule has 0 bridgehead atoms. The van der Waals surface area contributed by atoms with Crippen LogP contribution in [0.5, 0.6) is 0 Å². The minimum Gasteiger partial charge on any atom is -0.460 e. The molecule has 2 heterocycles. The van der Waals surface area contributed by atoms with Gasteiger partial charge in [0.15, 0.2) is 5.65 Å². The largest absolute Gasteiger partial charge is 0.460 e. The highest BCUT2D eigenvalue weighted by molar-refractivity contribution is 6.29. The van der Waals surface area contributed by atoms with Crippen LogP contribution in [0.1, 0.15) is 58.1 Å². The third-order valence-corrected chi connectivity index (χ3v) is 4.49. The molecule has 0 aromatic carbocycles. The highest BCUT2D eigenvalue weighted by atomic mass is 35.5. The topological polar surface area (TPSA) is 56.5 Å². The molecule has 23 heavy (non-hydrogen) atoms. The highest BCUT2D eigenvalue weighted by Gasteiger charge is 2.31. The van der Waals surface area contributed by atoms with Gasteiger partial charge < -0.3 is 4.74 Å². The monoisotopic (exact) mass is 335 g/mol. The van der Waals surface area contributed by atoms with Gasteiger partial charge in [-0.05, 0) is 52.5 Å². The fourth-order valence-electron chi connectivity index (χ4n) is 3.11. The Hall–Kier alpha value is -1.62. The van der Waals surface area contributed by atoms with Gasteiger partial charge in [-0.25, -0.2) is 9.50 Å². The summed E-state index contributed by atoms with van der Waals surface area (Å²) in [7, 11) is 0. The van der Waals surface area contributed by atoms with Crippen LogP contribution in [-0.2, 0) is 9.53 Å². The van der Waals surface area contributed by atoms with Gasteiger partial charge in [-0.3, -0.25) is 4.79 Å². The number of hydrogen-bond acceptors (Lipinski definition) is 4. The van der Waals surface area contributed by atoms with E-state index < -0.39 is 5.60 Å². The molecule has 1 aliphatic carbocycles. The molecule has 0 amide bonds. The minimum absolute atomic E-state index is 0.000329. The average molecular weight is 336 g/mol. The van der Waals surface area contributed by atoms with Crippen LogP contribution in [0, 0.1) is 5.92 Å². The lowest BCUT2D eigenvalue weighted by Crippen LogP contribution is -2.30. The number of hydrogen-bond donors (Lipinski definition) is 0. The Labute approximate surface area is 141 Å². The number of aromatic nitrogens is 3. The summed E-state index contributed by atoms with van der Waals surface area (Å²) >= 11 is 6.26. The zero-order valence-corrected chi connectivity index (χ0v) is 14.5. The van der Waals surface area contributed by atoms with Crippen LogP contribution in [0.4, 0.5) is 0 Å². The lowest BCUT2D eigenvalue weighted by molar-refractivity contribution is -0.161. The Bertz CT molecular complexity index is 712. The van der Waals surface area contributed by atoms with E-state index in [1.54, 1.807) is 10.7 Å². The lowest BCUT2D eigenvalue weighted by Gasteiger charge is -2.29. The number of rotatable bonds is 2. The lowest BCUT2D eigenvalue weighted by atomic mass is 9.80. The van der Waals surface area contributed by atoms with Crippen molar-refractivity contribution in [3.8, 4) is 0 Å². The van der Waals surface area contributed by atoms with E-state index in [9.17, 15) is 4.79 Å². The molecule has 3 rings (SSSR count). The van der Waals surface area contributed by atoms with Crippen LogP contribution in [0.3, 0.4) is 0 Å². The fraction of sp³-hybridized carbons (Fsp3) is 0.588. The van der Waals surface area contributed by atoms with Gasteiger partial charge in [0.1, 0.15) is 10.8 Å². The normalized spacial score (nSPS) is 22.3. The summed E-state index contributed by atoms with van der Waals surface area (Å²) in [6.45, 7) is 5.72. The Morgan fingerprint density at radius 2 is 2.00 bits per heavy atom. The highest BCUT2D eigenvalue weighted by Crippen LogP contribution is 2.36. The molecule has 124 valence electrons. The van der Waals surface area contributed by atoms with E-state index in [1.807, 2.05) is 32.9 Å². The van der Waals surface area contributed by atoms with Crippen molar-refractivity contribution in [2.24, 2.45) is 5.92 Å². The van der Waals surface area contributed by atoms with E-state index in [0.717, 1.165) is 37.0 Å². The molecule has 0 spiro atoms. The minimum atomic E-state index is -0.421. The molecule has 2 aromatic heterocycles. The van der Waals surface area contributed by atoms with Gasteiger partial charge in [0.25, 0.3) is 0 Å². The molecule has 0 saturated heterocycles. The second kappa shape index (κ2) is 6.11. The average Bonchev–Trinajstić information content (AvgIpc) is 2.94. The molecular weight excluding hydrogens is 314 g/mol. The van der Waals surface area contributed by atoms with Crippen molar-refractivity contribution in [2.45, 2.75) is 58.0 Å². The molecule has 0 unspecified atom stereocenters. The van der Waals surface area contributed by atoms with E-state index in [1.165, 1.54) is 0 Å². The third kappa shape index (κ3) is 3.66. The van der Waals surface area contributed by atoms with Gasteiger partial charge in [0.05, 0.1) is 12.1 Å². The Morgan fingerprint density at radius 1 is 1.30 bits per heavy atom. The van der Waals surface area contributed by atoms with Crippen molar-refractivity contribution >= 4 is 23.2 Å². The van der Waals surface area contributed by atoms with Crippen LogP contribution in [0.15, 0.2) is 18.3 Å². The predicted molar refractivity (Wildman–Crippen MR) is 88.5 cm³/mol. The van der Waals surface area contributed by atoms with Gasteiger partial charge in [-0.2, -0.15) is 5.10 Å². The standard InChI is InChI=1S/C17H22ClN3O2/c1-17(2,3)23-16(22)12-6-4-11(5-7-12)13-10-14(18)21-15(20-13)8-9-19-21/h8-12H,4-7H2,1-3H3. The van der Waals surface area contributed by atoms with Gasteiger partial charge >= 0.3 is 5.97 Å². The summed E-state index contributed by atoms with van der Waals surface area (Å²) in [6.07, 6.45) is 5.22. The van der Waals surface area contributed by atoms with Gasteiger partial charge in [0, 0.05) is 17.7 Å². The maximum absolute atomic E-state index is 12.2. The van der Waals surface area contributed by atoms with Crippen molar-refractivity contribution < 1.29 is 9.53 Å². The second-order valence-corrected chi connectivity index (χ2v) is 7.57. The zero-order valence-electron chi connectivity index (χ0n) is 13.8. The second-order valence-electron chi connectivity index (χ2n) is 7.19. The number of ether oxygens (including phenoxy) is 1. The smallest absolute Gasteiger partial charge is 0.309 e. The number of carbonyl (C=O) groups excluding carboxylic acids is 1. The first kappa shape index (κ1) is 16.2. The first-order valence-corrected chi connectivity index (χ1v) is 8.44. The molecule has 1 aliphatic rings. The van der Waals surface area contributed by atoms with Crippen molar-refractivity contribution in [3.05, 3.63) is 29.2 Å². The van der Waals surface area contributed by atoms with E-state index in [4.69, 9.17) is 16.3 Å². The van der Waals surface area contributed by atoms with E-state index >= 15 is 0 Å². The maximum atomic E-state index is 12.2. The number of halogens is 1. The zero-order chi connectivity index (χ0) is 16.6. The van der Waals surface area contributed by atoms with E-state index in [-0.39, 0.29) is 11.9 Å². The van der Waals surface area contributed by atoms with Crippen LogP contribution in [0.25, 0.3) is 5.65 Å². The van der Waals surface area contributed by atoms with Gasteiger partial charge in [0.2, 0.25) is 0 Å². The van der Waals surface area contributed by atoms with E-state index in [2.05, 4.69) is 10.1 Å². The first-order valence-electron chi connectivity index (χ1n) is 8.06. The van der Waals surface area contributed by atoms with Gasteiger partial charge in [-0.1, -0.05) is 11.6 Å². The summed E-state index contributed by atoms with van der Waals surface area (Å²) in [5.41, 5.74) is 1.34. The third-order valence-electron chi connectivity index (χ3n) is 4.22. The summed E-state index contributed by atoms with van der Waals surface area (Å²) in [5, 5.41) is 4.71. The Kier molecular flexibility index (Phi) is 4.32. The summed E-state index contributed by atoms with van der Waals surface area (Å²) in [5.74, 6) is 0.263. The molecule has 6 heteroatoms. The summed E-state index contributed by atoms with van der Waals surface area (Å²) in [4.78, 5) is 16.8. The van der Waals surface area contributed by atoms with Crippen LogP contribution < -0.4 is 0 Å². The Morgan fingerprint density at radius 3 is 2.65 bits per heavy atom. The SMILES string of the molecule is CC(C)(C)OC(=O)C1CCC(c2cc(Cl)n3nccc3n2)CC1. The molecular formula is C17H22ClN3O2. The van der Waals surface area contributed by atoms with E-state index in [0.29, 0.717) is 11.1 Å². The molecule has 5 nitrogen and oxygen atoms in total. The van der Waals surface area contributed by atoms with Crippen molar-refractivity contribution in [1.82, 2.24) is 14.6 Å². The van der Waals surface area contributed by atoms with Crippen LogP contribution in [0.2, 0.25) is 5.15 Å². The number of nitrogens with zero attached hydrogens (tertiary/aromatic N) is 3. The molecule has 0 radical (unpaired) electrons. The number of fused-ring (bicyclic) bond motifs is 1. The molecule has 1 saturated carbocycles.